The zero-order valence-corrected chi connectivity index (χ0v) is 22.3. The number of primary amides is 1. The Morgan fingerprint density at radius 1 is 1.08 bits per heavy atom. The van der Waals surface area contributed by atoms with E-state index in [4.69, 9.17) is 10.5 Å². The highest BCUT2D eigenvalue weighted by Crippen LogP contribution is 2.25. The van der Waals surface area contributed by atoms with Gasteiger partial charge in [-0.25, -0.2) is 4.79 Å². The summed E-state index contributed by atoms with van der Waals surface area (Å²) in [6.07, 6.45) is 5.05. The summed E-state index contributed by atoms with van der Waals surface area (Å²) in [6.45, 7) is 7.18. The topological polar surface area (TPSA) is 131 Å². The molecule has 0 radical (unpaired) electrons. The first-order chi connectivity index (χ1) is 16.9. The van der Waals surface area contributed by atoms with Crippen molar-refractivity contribution in [2.75, 3.05) is 7.05 Å². The van der Waals surface area contributed by atoms with Crippen LogP contribution in [0.1, 0.15) is 89.8 Å². The second kappa shape index (κ2) is 13.3. The van der Waals surface area contributed by atoms with Gasteiger partial charge in [0, 0.05) is 19.5 Å². The molecular weight excluding hydrogens is 460 g/mol. The Balaban J connectivity index is 2.31. The van der Waals surface area contributed by atoms with Crippen LogP contribution in [-0.4, -0.2) is 53.4 Å². The minimum Gasteiger partial charge on any atom is -0.444 e. The van der Waals surface area contributed by atoms with Crippen LogP contribution in [0.3, 0.4) is 0 Å². The van der Waals surface area contributed by atoms with Gasteiger partial charge in [0.1, 0.15) is 17.7 Å². The molecule has 2 atom stereocenters. The molecule has 0 bridgehead atoms. The van der Waals surface area contributed by atoms with Gasteiger partial charge in [0.15, 0.2) is 0 Å². The standard InChI is InChI=1S/C27H42N4O5/c1-6-18-12-14-19(15-13-18)23(24(33)29-20-10-8-7-9-11-20)31(5)25(34)21(16-17-22(28)32)30-26(35)36-27(2,3)4/h12-15,20-21,23H,6-11,16-17H2,1-5H3,(H2,28,32)(H,29,33)(H,30,35). The van der Waals surface area contributed by atoms with E-state index in [2.05, 4.69) is 10.6 Å². The summed E-state index contributed by atoms with van der Waals surface area (Å²) in [5.41, 5.74) is 6.33. The third-order valence-corrected chi connectivity index (χ3v) is 6.31. The monoisotopic (exact) mass is 502 g/mol. The predicted molar refractivity (Wildman–Crippen MR) is 138 cm³/mol. The normalized spacial score (nSPS) is 15.9. The Bertz CT molecular complexity index is 904. The average Bonchev–Trinajstić information content (AvgIpc) is 2.81. The van der Waals surface area contributed by atoms with Crippen molar-refractivity contribution < 1.29 is 23.9 Å². The number of rotatable bonds is 10. The second-order valence-corrected chi connectivity index (χ2v) is 10.5. The van der Waals surface area contributed by atoms with Crippen LogP contribution in [0.2, 0.25) is 0 Å². The largest absolute Gasteiger partial charge is 0.444 e. The molecule has 0 saturated heterocycles. The number of carbonyl (C=O) groups excluding carboxylic acids is 4. The molecule has 36 heavy (non-hydrogen) atoms. The molecule has 4 amide bonds. The van der Waals surface area contributed by atoms with Crippen LogP contribution < -0.4 is 16.4 Å². The molecule has 0 aromatic heterocycles. The van der Waals surface area contributed by atoms with E-state index in [1.165, 1.54) is 11.9 Å². The van der Waals surface area contributed by atoms with Crippen LogP contribution in [0.15, 0.2) is 24.3 Å². The molecule has 1 aromatic rings. The van der Waals surface area contributed by atoms with E-state index in [0.29, 0.717) is 5.56 Å². The number of amides is 4. The summed E-state index contributed by atoms with van der Waals surface area (Å²) in [6, 6.07) is 5.67. The lowest BCUT2D eigenvalue weighted by atomic mass is 9.94. The van der Waals surface area contributed by atoms with Crippen molar-refractivity contribution in [3.8, 4) is 0 Å². The van der Waals surface area contributed by atoms with Gasteiger partial charge in [-0.2, -0.15) is 0 Å². The molecule has 200 valence electrons. The number of hydrogen-bond acceptors (Lipinski definition) is 5. The molecular formula is C27H42N4O5. The van der Waals surface area contributed by atoms with Crippen molar-refractivity contribution in [3.05, 3.63) is 35.4 Å². The molecule has 1 aromatic carbocycles. The van der Waals surface area contributed by atoms with Crippen LogP contribution in [0.5, 0.6) is 0 Å². The van der Waals surface area contributed by atoms with Crippen LogP contribution in [0.4, 0.5) is 4.79 Å². The van der Waals surface area contributed by atoms with Gasteiger partial charge >= 0.3 is 6.09 Å². The number of nitrogens with one attached hydrogen (secondary N) is 2. The fraction of sp³-hybridized carbons (Fsp3) is 0.630. The van der Waals surface area contributed by atoms with E-state index < -0.39 is 35.6 Å². The Kier molecular flexibility index (Phi) is 10.7. The first-order valence-corrected chi connectivity index (χ1v) is 12.8. The average molecular weight is 503 g/mol. The van der Waals surface area contributed by atoms with Gasteiger partial charge in [0.25, 0.3) is 0 Å². The van der Waals surface area contributed by atoms with E-state index in [0.717, 1.165) is 44.1 Å². The summed E-state index contributed by atoms with van der Waals surface area (Å²) >= 11 is 0. The van der Waals surface area contributed by atoms with E-state index in [9.17, 15) is 19.2 Å². The number of nitrogens with two attached hydrogens (primary N) is 1. The van der Waals surface area contributed by atoms with Gasteiger partial charge in [-0.3, -0.25) is 14.4 Å². The van der Waals surface area contributed by atoms with E-state index >= 15 is 0 Å². The molecule has 9 nitrogen and oxygen atoms in total. The van der Waals surface area contributed by atoms with Crippen molar-refractivity contribution in [2.45, 2.75) is 103 Å². The molecule has 1 aliphatic rings. The fourth-order valence-electron chi connectivity index (χ4n) is 4.38. The van der Waals surface area contributed by atoms with Gasteiger partial charge in [-0.1, -0.05) is 50.5 Å². The third-order valence-electron chi connectivity index (χ3n) is 6.31. The lowest BCUT2D eigenvalue weighted by Gasteiger charge is -2.33. The first-order valence-electron chi connectivity index (χ1n) is 12.8. The number of benzene rings is 1. The van der Waals surface area contributed by atoms with Crippen LogP contribution in [-0.2, 0) is 25.5 Å². The predicted octanol–water partition coefficient (Wildman–Crippen LogP) is 3.36. The number of carbonyl (C=O) groups is 4. The van der Waals surface area contributed by atoms with Gasteiger partial charge in [-0.05, 0) is 57.6 Å². The first kappa shape index (κ1) is 29.1. The lowest BCUT2D eigenvalue weighted by molar-refractivity contribution is -0.141. The number of hydrogen-bond donors (Lipinski definition) is 3. The highest BCUT2D eigenvalue weighted by atomic mass is 16.6. The fourth-order valence-corrected chi connectivity index (χ4v) is 4.38. The smallest absolute Gasteiger partial charge is 0.408 e. The Morgan fingerprint density at radius 3 is 2.22 bits per heavy atom. The van der Waals surface area contributed by atoms with E-state index in [1.807, 2.05) is 31.2 Å². The van der Waals surface area contributed by atoms with Crippen molar-refractivity contribution >= 4 is 23.8 Å². The summed E-state index contributed by atoms with van der Waals surface area (Å²) in [7, 11) is 1.54. The van der Waals surface area contributed by atoms with Crippen molar-refractivity contribution in [2.24, 2.45) is 5.73 Å². The molecule has 0 heterocycles. The highest BCUT2D eigenvalue weighted by molar-refractivity contribution is 5.92. The summed E-state index contributed by atoms with van der Waals surface area (Å²) in [4.78, 5) is 52.4. The molecule has 9 heteroatoms. The van der Waals surface area contributed by atoms with Crippen LogP contribution >= 0.6 is 0 Å². The summed E-state index contributed by atoms with van der Waals surface area (Å²) in [5.74, 6) is -1.37. The zero-order valence-electron chi connectivity index (χ0n) is 22.3. The molecule has 0 aliphatic heterocycles. The summed E-state index contributed by atoms with van der Waals surface area (Å²) in [5, 5.41) is 5.69. The van der Waals surface area contributed by atoms with Gasteiger partial charge in [-0.15, -0.1) is 0 Å². The summed E-state index contributed by atoms with van der Waals surface area (Å²) < 4.78 is 5.31. The van der Waals surface area contributed by atoms with Crippen molar-refractivity contribution in [1.82, 2.24) is 15.5 Å². The minimum atomic E-state index is -1.09. The Labute approximate surface area is 214 Å². The number of alkyl carbamates (subject to hydrolysis) is 1. The van der Waals surface area contributed by atoms with E-state index in [-0.39, 0.29) is 24.8 Å². The Morgan fingerprint density at radius 2 is 1.69 bits per heavy atom. The van der Waals surface area contributed by atoms with Gasteiger partial charge in [0.05, 0.1) is 0 Å². The van der Waals surface area contributed by atoms with Crippen LogP contribution in [0.25, 0.3) is 0 Å². The third kappa shape index (κ3) is 9.17. The molecule has 2 unspecified atom stereocenters. The maximum absolute atomic E-state index is 13.6. The maximum Gasteiger partial charge on any atom is 0.408 e. The van der Waals surface area contributed by atoms with Gasteiger partial charge < -0.3 is 26.0 Å². The molecule has 1 fully saturated rings. The molecule has 1 saturated carbocycles. The van der Waals surface area contributed by atoms with Crippen LogP contribution in [0, 0.1) is 0 Å². The number of ether oxygens (including phenoxy) is 1. The Hall–Kier alpha value is -3.10. The van der Waals surface area contributed by atoms with Crippen molar-refractivity contribution in [1.29, 1.82) is 0 Å². The molecule has 4 N–H and O–H groups in total. The lowest BCUT2D eigenvalue weighted by Crippen LogP contribution is -2.52. The SMILES string of the molecule is CCc1ccc(C(C(=O)NC2CCCCC2)N(C)C(=O)C(CCC(N)=O)NC(=O)OC(C)(C)C)cc1. The molecule has 1 aliphatic carbocycles. The number of nitrogens with zero attached hydrogens (tertiary/aromatic N) is 1. The van der Waals surface area contributed by atoms with E-state index in [1.54, 1.807) is 20.8 Å². The van der Waals surface area contributed by atoms with Crippen molar-refractivity contribution in [3.63, 3.8) is 0 Å². The molecule has 0 spiro atoms. The number of aryl methyl sites for hydroxylation is 1. The minimum absolute atomic E-state index is 0.0104. The maximum atomic E-state index is 13.6. The second-order valence-electron chi connectivity index (χ2n) is 10.5. The molecule has 2 rings (SSSR count). The highest BCUT2D eigenvalue weighted by Gasteiger charge is 2.35. The number of likely N-dealkylation sites (N-methyl/N-ethyl adjacent to an activating group) is 1. The zero-order chi connectivity index (χ0) is 26.9. The van der Waals surface area contributed by atoms with Gasteiger partial charge in [0.2, 0.25) is 17.7 Å². The quantitative estimate of drug-likeness (QED) is 0.452.